The SMILES string of the molecule is COc1cccc(NC(=O)CNc2cc(C(F)(F)F)cc(C(F)(F)F)c2)c1. The highest BCUT2D eigenvalue weighted by Gasteiger charge is 2.36. The van der Waals surface area contributed by atoms with Gasteiger partial charge in [-0.1, -0.05) is 6.07 Å². The van der Waals surface area contributed by atoms with Crippen molar-refractivity contribution in [1.29, 1.82) is 0 Å². The number of rotatable bonds is 5. The summed E-state index contributed by atoms with van der Waals surface area (Å²) >= 11 is 0. The third-order valence-electron chi connectivity index (χ3n) is 3.39. The molecule has 2 N–H and O–H groups in total. The molecule has 1 amide bonds. The summed E-state index contributed by atoms with van der Waals surface area (Å²) < 4.78 is 81.8. The zero-order valence-electron chi connectivity index (χ0n) is 13.8. The zero-order chi connectivity index (χ0) is 20.2. The van der Waals surface area contributed by atoms with Crippen LogP contribution in [-0.2, 0) is 17.1 Å². The van der Waals surface area contributed by atoms with E-state index in [0.29, 0.717) is 23.6 Å². The fourth-order valence-corrected chi connectivity index (χ4v) is 2.15. The van der Waals surface area contributed by atoms with Crippen LogP contribution >= 0.6 is 0 Å². The Morgan fingerprint density at radius 1 is 0.926 bits per heavy atom. The molecule has 0 aliphatic heterocycles. The van der Waals surface area contributed by atoms with Gasteiger partial charge < -0.3 is 15.4 Å². The summed E-state index contributed by atoms with van der Waals surface area (Å²) in [5.74, 6) is -0.192. The number of benzene rings is 2. The molecule has 0 saturated carbocycles. The van der Waals surface area contributed by atoms with Crippen LogP contribution in [0.3, 0.4) is 0 Å². The molecule has 0 bridgehead atoms. The normalized spacial score (nSPS) is 11.8. The van der Waals surface area contributed by atoms with Crippen molar-refractivity contribution in [2.24, 2.45) is 0 Å². The summed E-state index contributed by atoms with van der Waals surface area (Å²) in [4.78, 5) is 11.9. The molecule has 0 spiro atoms. The van der Waals surface area contributed by atoms with Gasteiger partial charge in [0.1, 0.15) is 5.75 Å². The van der Waals surface area contributed by atoms with Gasteiger partial charge in [-0.2, -0.15) is 26.3 Å². The molecule has 27 heavy (non-hydrogen) atoms. The Kier molecular flexibility index (Phi) is 5.87. The van der Waals surface area contributed by atoms with Gasteiger partial charge in [-0.25, -0.2) is 0 Å². The van der Waals surface area contributed by atoms with Gasteiger partial charge >= 0.3 is 12.4 Å². The van der Waals surface area contributed by atoms with E-state index in [1.807, 2.05) is 0 Å². The molecule has 0 radical (unpaired) electrons. The Balaban J connectivity index is 2.13. The van der Waals surface area contributed by atoms with Crippen molar-refractivity contribution in [2.45, 2.75) is 12.4 Å². The number of carbonyl (C=O) groups is 1. The number of hydrogen-bond acceptors (Lipinski definition) is 3. The van der Waals surface area contributed by atoms with E-state index in [0.717, 1.165) is 0 Å². The first-order valence-electron chi connectivity index (χ1n) is 7.46. The van der Waals surface area contributed by atoms with E-state index >= 15 is 0 Å². The number of alkyl halides is 6. The molecule has 0 aromatic heterocycles. The van der Waals surface area contributed by atoms with Gasteiger partial charge in [0.05, 0.1) is 24.8 Å². The molecule has 0 aliphatic rings. The average molecular weight is 392 g/mol. The van der Waals surface area contributed by atoms with Crippen molar-refractivity contribution in [1.82, 2.24) is 0 Å². The summed E-state index contributed by atoms with van der Waals surface area (Å²) in [6.45, 7) is -0.532. The molecule has 4 nitrogen and oxygen atoms in total. The van der Waals surface area contributed by atoms with Crippen LogP contribution in [0.15, 0.2) is 42.5 Å². The molecule has 0 fully saturated rings. The predicted octanol–water partition coefficient (Wildman–Crippen LogP) is 4.78. The van der Waals surface area contributed by atoms with Gasteiger partial charge in [0.2, 0.25) is 5.91 Å². The Morgan fingerprint density at radius 2 is 1.52 bits per heavy atom. The van der Waals surface area contributed by atoms with E-state index in [-0.39, 0.29) is 6.07 Å². The summed E-state index contributed by atoms with van der Waals surface area (Å²) in [5, 5.41) is 4.73. The van der Waals surface area contributed by atoms with Crippen LogP contribution in [0.2, 0.25) is 0 Å². The first-order chi connectivity index (χ1) is 12.5. The summed E-state index contributed by atoms with van der Waals surface area (Å²) in [5.41, 5.74) is -3.04. The monoisotopic (exact) mass is 392 g/mol. The molecule has 0 unspecified atom stereocenters. The summed E-state index contributed by atoms with van der Waals surface area (Å²) in [7, 11) is 1.42. The molecule has 0 heterocycles. The largest absolute Gasteiger partial charge is 0.497 e. The third kappa shape index (κ3) is 5.80. The van der Waals surface area contributed by atoms with E-state index in [9.17, 15) is 31.1 Å². The molecule has 0 atom stereocenters. The van der Waals surface area contributed by atoms with E-state index < -0.39 is 41.6 Å². The van der Waals surface area contributed by atoms with Crippen LogP contribution < -0.4 is 15.4 Å². The molecular formula is C17H14F6N2O2. The van der Waals surface area contributed by atoms with Crippen LogP contribution in [-0.4, -0.2) is 19.6 Å². The molecule has 0 aliphatic carbocycles. The Hall–Kier alpha value is -2.91. The standard InChI is InChI=1S/C17H14F6N2O2/c1-27-14-4-2-3-12(8-14)25-15(26)9-24-13-6-10(16(18,19)20)5-11(7-13)17(21,22)23/h2-8,24H,9H2,1H3,(H,25,26). The van der Waals surface area contributed by atoms with E-state index in [4.69, 9.17) is 4.74 Å². The topological polar surface area (TPSA) is 50.4 Å². The molecule has 10 heteroatoms. The Morgan fingerprint density at radius 3 is 2.04 bits per heavy atom. The Labute approximate surface area is 150 Å². The molecular weight excluding hydrogens is 378 g/mol. The summed E-state index contributed by atoms with van der Waals surface area (Å²) in [6, 6.07) is 7.32. The molecule has 146 valence electrons. The van der Waals surface area contributed by atoms with Gasteiger partial charge in [0, 0.05) is 17.4 Å². The van der Waals surface area contributed by atoms with Crippen molar-refractivity contribution in [2.75, 3.05) is 24.3 Å². The van der Waals surface area contributed by atoms with E-state index in [1.165, 1.54) is 13.2 Å². The first-order valence-corrected chi connectivity index (χ1v) is 7.46. The predicted molar refractivity (Wildman–Crippen MR) is 86.6 cm³/mol. The fourth-order valence-electron chi connectivity index (χ4n) is 2.15. The first kappa shape index (κ1) is 20.4. The second-order valence-electron chi connectivity index (χ2n) is 5.43. The minimum atomic E-state index is -4.96. The van der Waals surface area contributed by atoms with Gasteiger partial charge in [-0.05, 0) is 30.3 Å². The van der Waals surface area contributed by atoms with E-state index in [1.54, 1.807) is 18.2 Å². The number of ether oxygens (including phenoxy) is 1. The third-order valence-corrected chi connectivity index (χ3v) is 3.39. The van der Waals surface area contributed by atoms with E-state index in [2.05, 4.69) is 10.6 Å². The fraction of sp³-hybridized carbons (Fsp3) is 0.235. The lowest BCUT2D eigenvalue weighted by Gasteiger charge is -2.15. The lowest BCUT2D eigenvalue weighted by molar-refractivity contribution is -0.143. The van der Waals surface area contributed by atoms with Crippen molar-refractivity contribution < 1.29 is 35.9 Å². The maximum atomic E-state index is 12.8. The van der Waals surface area contributed by atoms with Crippen LogP contribution in [0.1, 0.15) is 11.1 Å². The minimum Gasteiger partial charge on any atom is -0.497 e. The summed E-state index contributed by atoms with van der Waals surface area (Å²) in [6.07, 6.45) is -9.92. The maximum Gasteiger partial charge on any atom is 0.416 e. The molecule has 2 rings (SSSR count). The smallest absolute Gasteiger partial charge is 0.416 e. The van der Waals surface area contributed by atoms with Gasteiger partial charge in [0.25, 0.3) is 0 Å². The van der Waals surface area contributed by atoms with Gasteiger partial charge in [0.15, 0.2) is 0 Å². The number of methoxy groups -OCH3 is 1. The number of hydrogen-bond donors (Lipinski definition) is 2. The highest BCUT2D eigenvalue weighted by Crippen LogP contribution is 2.37. The van der Waals surface area contributed by atoms with Crippen molar-refractivity contribution >= 4 is 17.3 Å². The number of amides is 1. The zero-order valence-corrected chi connectivity index (χ0v) is 13.8. The lowest BCUT2D eigenvalue weighted by Crippen LogP contribution is -2.22. The molecule has 2 aromatic rings. The number of nitrogens with one attached hydrogen (secondary N) is 2. The second-order valence-corrected chi connectivity index (χ2v) is 5.43. The lowest BCUT2D eigenvalue weighted by atomic mass is 10.1. The highest BCUT2D eigenvalue weighted by atomic mass is 19.4. The molecule has 0 saturated heterocycles. The maximum absolute atomic E-state index is 12.8. The number of anilines is 2. The minimum absolute atomic E-state index is 0.0154. The van der Waals surface area contributed by atoms with Crippen molar-refractivity contribution in [3.8, 4) is 5.75 Å². The second kappa shape index (κ2) is 7.77. The van der Waals surface area contributed by atoms with Crippen molar-refractivity contribution in [3.05, 3.63) is 53.6 Å². The van der Waals surface area contributed by atoms with Crippen LogP contribution in [0, 0.1) is 0 Å². The number of carbonyl (C=O) groups excluding carboxylic acids is 1. The number of halogens is 6. The van der Waals surface area contributed by atoms with Crippen molar-refractivity contribution in [3.63, 3.8) is 0 Å². The average Bonchev–Trinajstić information content (AvgIpc) is 2.58. The van der Waals surface area contributed by atoms with Crippen LogP contribution in [0.4, 0.5) is 37.7 Å². The highest BCUT2D eigenvalue weighted by molar-refractivity contribution is 5.93. The van der Waals surface area contributed by atoms with Gasteiger partial charge in [-0.3, -0.25) is 4.79 Å². The van der Waals surface area contributed by atoms with Crippen LogP contribution in [0.25, 0.3) is 0 Å². The Bertz CT molecular complexity index is 786. The quantitative estimate of drug-likeness (QED) is 0.720. The van der Waals surface area contributed by atoms with Crippen LogP contribution in [0.5, 0.6) is 5.75 Å². The molecule has 2 aromatic carbocycles. The van der Waals surface area contributed by atoms with Gasteiger partial charge in [-0.15, -0.1) is 0 Å².